The van der Waals surface area contributed by atoms with Gasteiger partial charge in [-0.05, 0) is 12.3 Å². The van der Waals surface area contributed by atoms with Crippen LogP contribution < -0.4 is 9.47 Å². The van der Waals surface area contributed by atoms with E-state index in [2.05, 4.69) is 6.07 Å². The summed E-state index contributed by atoms with van der Waals surface area (Å²) in [4.78, 5) is 0.906. The predicted octanol–water partition coefficient (Wildman–Crippen LogP) is 2.30. The molecule has 0 aliphatic heterocycles. The van der Waals surface area contributed by atoms with Crippen LogP contribution in [0.15, 0.2) is 17.0 Å². The van der Waals surface area contributed by atoms with Crippen LogP contribution in [0.2, 0.25) is 0 Å². The molecule has 0 amide bonds. The van der Waals surface area contributed by atoms with E-state index in [1.165, 1.54) is 11.8 Å². The first kappa shape index (κ1) is 10.7. The molecule has 0 radical (unpaired) electrons. The fraction of sp³-hybridized carbons (Fsp3) is 0.300. The second-order valence-electron chi connectivity index (χ2n) is 2.52. The maximum atomic E-state index is 8.89. The van der Waals surface area contributed by atoms with E-state index >= 15 is 0 Å². The van der Waals surface area contributed by atoms with Gasteiger partial charge in [0.15, 0.2) is 0 Å². The summed E-state index contributed by atoms with van der Waals surface area (Å²) in [6, 6.07) is 5.59. The first-order valence-corrected chi connectivity index (χ1v) is 5.19. The zero-order valence-corrected chi connectivity index (χ0v) is 9.14. The quantitative estimate of drug-likeness (QED) is 0.716. The van der Waals surface area contributed by atoms with E-state index in [1.54, 1.807) is 20.3 Å². The van der Waals surface area contributed by atoms with Crippen molar-refractivity contribution >= 4 is 11.8 Å². The van der Waals surface area contributed by atoms with Crippen LogP contribution in [0.25, 0.3) is 0 Å². The monoisotopic (exact) mass is 209 g/mol. The Morgan fingerprint density at radius 2 is 2.00 bits per heavy atom. The lowest BCUT2D eigenvalue weighted by Gasteiger charge is -2.09. The zero-order chi connectivity index (χ0) is 10.6. The molecule has 0 aliphatic rings. The summed E-state index contributed by atoms with van der Waals surface area (Å²) >= 11 is 1.52. The average Bonchev–Trinajstić information content (AvgIpc) is 2.26. The van der Waals surface area contributed by atoms with Crippen molar-refractivity contribution in [1.29, 1.82) is 5.26 Å². The molecule has 0 atom stereocenters. The molecule has 0 N–H and O–H groups in total. The van der Waals surface area contributed by atoms with Crippen LogP contribution in [0.1, 0.15) is 5.56 Å². The Bertz CT molecular complexity index is 371. The van der Waals surface area contributed by atoms with E-state index in [9.17, 15) is 0 Å². The molecule has 0 unspecified atom stereocenters. The third-order valence-corrected chi connectivity index (χ3v) is 2.55. The Morgan fingerprint density at radius 3 is 2.43 bits per heavy atom. The normalized spacial score (nSPS) is 9.29. The van der Waals surface area contributed by atoms with Gasteiger partial charge in [0.2, 0.25) is 0 Å². The number of methoxy groups -OCH3 is 2. The van der Waals surface area contributed by atoms with Crippen LogP contribution in [0, 0.1) is 11.3 Å². The number of thioether (sulfide) groups is 1. The van der Waals surface area contributed by atoms with Crippen molar-refractivity contribution in [2.75, 3.05) is 20.5 Å². The molecular weight excluding hydrogens is 198 g/mol. The molecule has 1 aromatic carbocycles. The minimum atomic E-state index is 0.496. The molecule has 0 spiro atoms. The van der Waals surface area contributed by atoms with Crippen LogP contribution in [0.4, 0.5) is 0 Å². The summed E-state index contributed by atoms with van der Waals surface area (Å²) in [5.74, 6) is 1.28. The van der Waals surface area contributed by atoms with E-state index in [4.69, 9.17) is 14.7 Å². The van der Waals surface area contributed by atoms with Gasteiger partial charge in [0.1, 0.15) is 17.6 Å². The van der Waals surface area contributed by atoms with Gasteiger partial charge in [0.25, 0.3) is 0 Å². The molecule has 3 nitrogen and oxygen atoms in total. The summed E-state index contributed by atoms with van der Waals surface area (Å²) in [5, 5.41) is 8.89. The molecule has 0 aromatic heterocycles. The largest absolute Gasteiger partial charge is 0.497 e. The number of hydrogen-bond acceptors (Lipinski definition) is 4. The van der Waals surface area contributed by atoms with Gasteiger partial charge in [-0.15, -0.1) is 11.8 Å². The van der Waals surface area contributed by atoms with Gasteiger partial charge in [-0.1, -0.05) is 0 Å². The summed E-state index contributed by atoms with van der Waals surface area (Å²) < 4.78 is 10.2. The number of ether oxygens (including phenoxy) is 2. The van der Waals surface area contributed by atoms with Crippen molar-refractivity contribution in [3.05, 3.63) is 17.7 Å². The number of rotatable bonds is 3. The van der Waals surface area contributed by atoms with Gasteiger partial charge in [-0.25, -0.2) is 0 Å². The molecule has 4 heteroatoms. The maximum Gasteiger partial charge on any atom is 0.150 e. The second kappa shape index (κ2) is 4.77. The minimum absolute atomic E-state index is 0.496. The van der Waals surface area contributed by atoms with Gasteiger partial charge in [0, 0.05) is 6.07 Å². The van der Waals surface area contributed by atoms with Crippen molar-refractivity contribution in [3.8, 4) is 17.6 Å². The number of nitriles is 1. The second-order valence-corrected chi connectivity index (χ2v) is 3.37. The third-order valence-electron chi connectivity index (χ3n) is 1.81. The standard InChI is InChI=1S/C10H11NO2S/c1-12-8-4-7(6-11)10(13-2)9(5-8)14-3/h4-5H,1-3H3. The molecule has 0 saturated heterocycles. The Labute approximate surface area is 87.6 Å². The molecule has 0 bridgehead atoms. The van der Waals surface area contributed by atoms with Crippen LogP contribution in [0.3, 0.4) is 0 Å². The molecule has 74 valence electrons. The summed E-state index contributed by atoms with van der Waals surface area (Å²) in [6.07, 6.45) is 1.93. The summed E-state index contributed by atoms with van der Waals surface area (Å²) in [7, 11) is 3.13. The van der Waals surface area contributed by atoms with Crippen molar-refractivity contribution in [2.24, 2.45) is 0 Å². The van der Waals surface area contributed by atoms with Gasteiger partial charge in [0.05, 0.1) is 24.7 Å². The zero-order valence-electron chi connectivity index (χ0n) is 8.33. The van der Waals surface area contributed by atoms with Crippen LogP contribution in [-0.4, -0.2) is 20.5 Å². The molecular formula is C10H11NO2S. The van der Waals surface area contributed by atoms with Gasteiger partial charge >= 0.3 is 0 Å². The number of hydrogen-bond donors (Lipinski definition) is 0. The third kappa shape index (κ3) is 1.94. The first-order valence-electron chi connectivity index (χ1n) is 3.97. The molecule has 1 rings (SSSR count). The van der Waals surface area contributed by atoms with Gasteiger partial charge < -0.3 is 9.47 Å². The molecule has 1 aromatic rings. The predicted molar refractivity (Wildman–Crippen MR) is 56.0 cm³/mol. The minimum Gasteiger partial charge on any atom is -0.497 e. The summed E-state index contributed by atoms with van der Waals surface area (Å²) in [5.41, 5.74) is 0.496. The van der Waals surface area contributed by atoms with Crippen LogP contribution in [0.5, 0.6) is 11.5 Å². The van der Waals surface area contributed by atoms with E-state index in [1.807, 2.05) is 12.3 Å². The lowest BCUT2D eigenvalue weighted by Crippen LogP contribution is -1.93. The Morgan fingerprint density at radius 1 is 1.29 bits per heavy atom. The Hall–Kier alpha value is -1.34. The average molecular weight is 209 g/mol. The molecule has 0 fully saturated rings. The fourth-order valence-electron chi connectivity index (χ4n) is 1.14. The molecule has 0 aliphatic carbocycles. The highest BCUT2D eigenvalue weighted by Crippen LogP contribution is 2.34. The van der Waals surface area contributed by atoms with E-state index in [0.717, 1.165) is 4.90 Å². The van der Waals surface area contributed by atoms with Crippen LogP contribution >= 0.6 is 11.8 Å². The number of benzene rings is 1. The summed E-state index contributed by atoms with van der Waals surface area (Å²) in [6.45, 7) is 0. The van der Waals surface area contributed by atoms with Crippen molar-refractivity contribution < 1.29 is 9.47 Å². The Kier molecular flexibility index (Phi) is 3.66. The SMILES string of the molecule is COc1cc(C#N)c(OC)c(SC)c1. The number of nitrogens with zero attached hydrogens (tertiary/aromatic N) is 1. The van der Waals surface area contributed by atoms with E-state index < -0.39 is 0 Å². The van der Waals surface area contributed by atoms with Crippen molar-refractivity contribution in [3.63, 3.8) is 0 Å². The first-order chi connectivity index (χ1) is 6.76. The highest BCUT2D eigenvalue weighted by molar-refractivity contribution is 7.98. The molecule has 14 heavy (non-hydrogen) atoms. The van der Waals surface area contributed by atoms with Gasteiger partial charge in [-0.3, -0.25) is 0 Å². The van der Waals surface area contributed by atoms with Crippen molar-refractivity contribution in [1.82, 2.24) is 0 Å². The van der Waals surface area contributed by atoms with Crippen molar-refractivity contribution in [2.45, 2.75) is 4.90 Å². The Balaban J connectivity index is 3.34. The smallest absolute Gasteiger partial charge is 0.150 e. The van der Waals surface area contributed by atoms with E-state index in [0.29, 0.717) is 17.1 Å². The molecule has 0 heterocycles. The highest BCUT2D eigenvalue weighted by Gasteiger charge is 2.10. The van der Waals surface area contributed by atoms with Crippen LogP contribution in [-0.2, 0) is 0 Å². The highest BCUT2D eigenvalue weighted by atomic mass is 32.2. The van der Waals surface area contributed by atoms with E-state index in [-0.39, 0.29) is 0 Å². The van der Waals surface area contributed by atoms with Gasteiger partial charge in [-0.2, -0.15) is 5.26 Å². The lowest BCUT2D eigenvalue weighted by molar-refractivity contribution is 0.393. The lowest BCUT2D eigenvalue weighted by atomic mass is 10.2. The molecule has 0 saturated carbocycles. The fourth-order valence-corrected chi connectivity index (χ4v) is 1.75. The topological polar surface area (TPSA) is 42.2 Å². The maximum absolute atomic E-state index is 8.89.